The van der Waals surface area contributed by atoms with Crippen molar-refractivity contribution in [2.75, 3.05) is 18.0 Å². The minimum atomic E-state index is -1.07. The van der Waals surface area contributed by atoms with Crippen LogP contribution in [0.3, 0.4) is 0 Å². The molecule has 0 saturated carbocycles. The Kier molecular flexibility index (Phi) is 5.18. The predicted octanol–water partition coefficient (Wildman–Crippen LogP) is 5.09. The summed E-state index contributed by atoms with van der Waals surface area (Å²) in [7, 11) is 0. The zero-order chi connectivity index (χ0) is 22.4. The van der Waals surface area contributed by atoms with Crippen LogP contribution in [0.2, 0.25) is 0 Å². The third kappa shape index (κ3) is 3.75. The summed E-state index contributed by atoms with van der Waals surface area (Å²) in [5.74, 6) is 0.740. The van der Waals surface area contributed by atoms with Crippen LogP contribution in [0, 0.1) is 20.8 Å². The number of anilines is 1. The fourth-order valence-electron chi connectivity index (χ4n) is 4.69. The van der Waals surface area contributed by atoms with Crippen molar-refractivity contribution in [2.45, 2.75) is 39.4 Å². The lowest BCUT2D eigenvalue weighted by molar-refractivity contribution is 0.251. The van der Waals surface area contributed by atoms with Gasteiger partial charge in [-0.1, -0.05) is 35.4 Å². The number of fused-ring (bicyclic) bond motifs is 1. The average molecular weight is 430 g/mol. The Morgan fingerprint density at radius 1 is 1.00 bits per heavy atom. The molecule has 5 nitrogen and oxygen atoms in total. The van der Waals surface area contributed by atoms with Crippen molar-refractivity contribution in [3.8, 4) is 22.5 Å². The van der Waals surface area contributed by atoms with Crippen molar-refractivity contribution in [2.24, 2.45) is 5.73 Å². The molecular formula is C26H28FN5. The molecule has 4 aromatic rings. The zero-order valence-electron chi connectivity index (χ0n) is 18.7. The van der Waals surface area contributed by atoms with Gasteiger partial charge in [0.2, 0.25) is 0 Å². The predicted molar refractivity (Wildman–Crippen MR) is 129 cm³/mol. The van der Waals surface area contributed by atoms with Crippen molar-refractivity contribution in [1.29, 1.82) is 0 Å². The van der Waals surface area contributed by atoms with Gasteiger partial charge < -0.3 is 15.6 Å². The molecule has 0 bridgehead atoms. The van der Waals surface area contributed by atoms with Gasteiger partial charge in [-0.25, -0.2) is 9.37 Å². The number of rotatable bonds is 3. The Morgan fingerprint density at radius 3 is 2.50 bits per heavy atom. The maximum atomic E-state index is 14.7. The fraction of sp³-hybridized carbons (Fsp3) is 0.308. The number of hydrogen-bond donors (Lipinski definition) is 2. The van der Waals surface area contributed by atoms with Crippen LogP contribution in [0.1, 0.15) is 23.1 Å². The molecule has 1 aliphatic rings. The lowest BCUT2D eigenvalue weighted by Crippen LogP contribution is -2.49. The number of aromatic amines is 1. The second-order valence-corrected chi connectivity index (χ2v) is 8.98. The molecule has 6 heteroatoms. The smallest absolute Gasteiger partial charge is 0.142 e. The van der Waals surface area contributed by atoms with Crippen molar-refractivity contribution in [1.82, 2.24) is 15.0 Å². The topological polar surface area (TPSA) is 70.8 Å². The van der Waals surface area contributed by atoms with Gasteiger partial charge in [0.15, 0.2) is 0 Å². The monoisotopic (exact) mass is 429 g/mol. The van der Waals surface area contributed by atoms with E-state index in [1.54, 1.807) is 0 Å². The minimum absolute atomic E-state index is 0.259. The summed E-state index contributed by atoms with van der Waals surface area (Å²) in [6.07, 6.45) is 3.24. The van der Waals surface area contributed by atoms with Crippen molar-refractivity contribution >= 4 is 16.7 Å². The van der Waals surface area contributed by atoms with Crippen LogP contribution in [-0.4, -0.2) is 40.3 Å². The number of benzene rings is 2. The van der Waals surface area contributed by atoms with E-state index in [2.05, 4.69) is 66.0 Å². The second kappa shape index (κ2) is 8.02. The number of halogens is 1. The molecule has 32 heavy (non-hydrogen) atoms. The summed E-state index contributed by atoms with van der Waals surface area (Å²) in [6.45, 7) is 7.19. The number of nitrogens with zero attached hydrogens (tertiary/aromatic N) is 3. The SMILES string of the molecule is Cc1cc(C)cc(-c2cncc(-c3nc4ccc(C)cc4[nH]3)c2N2CCC(N)C(F)C2)c1. The number of nitrogens with two attached hydrogens (primary N) is 1. The van der Waals surface area contributed by atoms with E-state index in [0.717, 1.165) is 39.2 Å². The summed E-state index contributed by atoms with van der Waals surface area (Å²) in [5, 5.41) is 0. The molecule has 5 rings (SSSR count). The number of aryl methyl sites for hydroxylation is 3. The van der Waals surface area contributed by atoms with Gasteiger partial charge in [-0.15, -0.1) is 0 Å². The molecule has 0 radical (unpaired) electrons. The minimum Gasteiger partial charge on any atom is -0.367 e. The standard InChI is InChI=1S/C26H28FN5/c1-15-4-5-23-24(11-15)31-26(30-23)20-13-29-12-19(18-9-16(2)8-17(3)10-18)25(20)32-7-6-22(28)21(27)14-32/h4-5,8-13,21-22H,6-7,14,28H2,1-3H3,(H,30,31). The summed E-state index contributed by atoms with van der Waals surface area (Å²) in [6, 6.07) is 12.2. The summed E-state index contributed by atoms with van der Waals surface area (Å²) in [4.78, 5) is 15.0. The lowest BCUT2D eigenvalue weighted by atomic mass is 9.96. The van der Waals surface area contributed by atoms with Crippen LogP contribution in [0.4, 0.5) is 10.1 Å². The number of pyridine rings is 1. The first-order valence-electron chi connectivity index (χ1n) is 11.1. The van der Waals surface area contributed by atoms with Crippen molar-refractivity contribution in [3.05, 3.63) is 65.5 Å². The van der Waals surface area contributed by atoms with E-state index in [1.165, 1.54) is 16.7 Å². The Morgan fingerprint density at radius 2 is 1.75 bits per heavy atom. The van der Waals surface area contributed by atoms with Crippen LogP contribution < -0.4 is 10.6 Å². The third-order valence-electron chi connectivity index (χ3n) is 6.25. The normalized spacial score (nSPS) is 19.0. The number of aromatic nitrogens is 3. The molecule has 1 fully saturated rings. The Labute approximate surface area is 187 Å². The summed E-state index contributed by atoms with van der Waals surface area (Å²) < 4.78 is 14.7. The van der Waals surface area contributed by atoms with Gasteiger partial charge in [0.05, 0.1) is 28.8 Å². The molecule has 0 amide bonds. The molecule has 3 heterocycles. The Hall–Kier alpha value is -3.25. The molecular weight excluding hydrogens is 401 g/mol. The molecule has 2 atom stereocenters. The van der Waals surface area contributed by atoms with Gasteiger partial charge in [-0.3, -0.25) is 4.98 Å². The van der Waals surface area contributed by atoms with Crippen LogP contribution >= 0.6 is 0 Å². The van der Waals surface area contributed by atoms with Gasteiger partial charge in [0.1, 0.15) is 12.0 Å². The van der Waals surface area contributed by atoms with E-state index >= 15 is 0 Å². The molecule has 1 aliphatic heterocycles. The number of piperidine rings is 1. The van der Waals surface area contributed by atoms with Gasteiger partial charge >= 0.3 is 0 Å². The number of alkyl halides is 1. The first-order valence-corrected chi connectivity index (χ1v) is 11.1. The van der Waals surface area contributed by atoms with Crippen LogP contribution in [0.15, 0.2) is 48.8 Å². The van der Waals surface area contributed by atoms with Crippen molar-refractivity contribution < 1.29 is 4.39 Å². The summed E-state index contributed by atoms with van der Waals surface area (Å²) in [5.41, 5.74) is 15.3. The highest BCUT2D eigenvalue weighted by Crippen LogP contribution is 2.40. The quantitative estimate of drug-likeness (QED) is 0.476. The molecule has 3 N–H and O–H groups in total. The van der Waals surface area contributed by atoms with E-state index in [1.807, 2.05) is 18.5 Å². The van der Waals surface area contributed by atoms with Gasteiger partial charge in [-0.05, 0) is 50.5 Å². The molecule has 0 aliphatic carbocycles. The van der Waals surface area contributed by atoms with Crippen molar-refractivity contribution in [3.63, 3.8) is 0 Å². The van der Waals surface area contributed by atoms with E-state index in [-0.39, 0.29) is 6.54 Å². The maximum absolute atomic E-state index is 14.7. The highest BCUT2D eigenvalue weighted by molar-refractivity contribution is 5.91. The highest BCUT2D eigenvalue weighted by atomic mass is 19.1. The first kappa shape index (κ1) is 20.6. The highest BCUT2D eigenvalue weighted by Gasteiger charge is 2.30. The van der Waals surface area contributed by atoms with Crippen LogP contribution in [0.5, 0.6) is 0 Å². The van der Waals surface area contributed by atoms with Crippen LogP contribution in [0.25, 0.3) is 33.5 Å². The Bertz CT molecular complexity index is 1270. The van der Waals surface area contributed by atoms with E-state index < -0.39 is 12.2 Å². The molecule has 1 saturated heterocycles. The largest absolute Gasteiger partial charge is 0.367 e. The second-order valence-electron chi connectivity index (χ2n) is 8.98. The van der Waals surface area contributed by atoms with Gasteiger partial charge in [-0.2, -0.15) is 0 Å². The molecule has 164 valence electrons. The van der Waals surface area contributed by atoms with Gasteiger partial charge in [0, 0.05) is 30.5 Å². The maximum Gasteiger partial charge on any atom is 0.142 e. The fourth-order valence-corrected chi connectivity index (χ4v) is 4.69. The molecule has 2 aromatic heterocycles. The first-order chi connectivity index (χ1) is 15.4. The number of nitrogens with one attached hydrogen (secondary N) is 1. The molecule has 2 unspecified atom stereocenters. The third-order valence-corrected chi connectivity index (χ3v) is 6.25. The number of H-pyrrole nitrogens is 1. The average Bonchev–Trinajstić information content (AvgIpc) is 3.17. The van der Waals surface area contributed by atoms with E-state index in [0.29, 0.717) is 13.0 Å². The van der Waals surface area contributed by atoms with Gasteiger partial charge in [0.25, 0.3) is 0 Å². The summed E-state index contributed by atoms with van der Waals surface area (Å²) >= 11 is 0. The Balaban J connectivity index is 1.72. The molecule has 0 spiro atoms. The van der Waals surface area contributed by atoms with E-state index in [4.69, 9.17) is 10.7 Å². The molecule has 2 aromatic carbocycles. The zero-order valence-corrected chi connectivity index (χ0v) is 18.7. The van der Waals surface area contributed by atoms with E-state index in [9.17, 15) is 4.39 Å². The number of hydrogen-bond acceptors (Lipinski definition) is 4. The van der Waals surface area contributed by atoms with Crippen LogP contribution in [-0.2, 0) is 0 Å². The lowest BCUT2D eigenvalue weighted by Gasteiger charge is -2.36. The number of imidazole rings is 1.